The summed E-state index contributed by atoms with van der Waals surface area (Å²) in [6.45, 7) is 4.16. The fraction of sp³-hybridized carbons (Fsp3) is 0.188. The molecule has 0 aliphatic carbocycles. The van der Waals surface area contributed by atoms with E-state index in [1.807, 2.05) is 18.2 Å². The molecule has 1 heterocycles. The van der Waals surface area contributed by atoms with Crippen LogP contribution >= 0.6 is 15.9 Å². The van der Waals surface area contributed by atoms with E-state index in [1.165, 1.54) is 11.1 Å². The SMILES string of the molecule is Cc1ccc(C(N)c2cc3[nH]c(=O)[nH]c3cc2Br)cc1C. The number of aromatic nitrogens is 2. The number of rotatable bonds is 2. The molecular weight excluding hydrogens is 330 g/mol. The zero-order chi connectivity index (χ0) is 15.1. The van der Waals surface area contributed by atoms with Crippen molar-refractivity contribution in [2.75, 3.05) is 0 Å². The van der Waals surface area contributed by atoms with E-state index < -0.39 is 0 Å². The maximum Gasteiger partial charge on any atom is 0.323 e. The van der Waals surface area contributed by atoms with Gasteiger partial charge in [-0.3, -0.25) is 0 Å². The van der Waals surface area contributed by atoms with E-state index in [1.54, 1.807) is 0 Å². The first-order chi connectivity index (χ1) is 9.95. The zero-order valence-corrected chi connectivity index (χ0v) is 13.4. The molecule has 0 bridgehead atoms. The number of nitrogens with two attached hydrogens (primary N) is 1. The number of hydrogen-bond acceptors (Lipinski definition) is 2. The third kappa shape index (κ3) is 2.54. The summed E-state index contributed by atoms with van der Waals surface area (Å²) in [5.74, 6) is 0. The fourth-order valence-electron chi connectivity index (χ4n) is 2.45. The Morgan fingerprint density at radius 1 is 1.05 bits per heavy atom. The van der Waals surface area contributed by atoms with Crippen LogP contribution in [0.3, 0.4) is 0 Å². The molecule has 1 unspecified atom stereocenters. The van der Waals surface area contributed by atoms with E-state index in [0.29, 0.717) is 0 Å². The number of hydrogen-bond donors (Lipinski definition) is 3. The highest BCUT2D eigenvalue weighted by Crippen LogP contribution is 2.30. The first-order valence-corrected chi connectivity index (χ1v) is 7.49. The number of H-pyrrole nitrogens is 2. The monoisotopic (exact) mass is 345 g/mol. The van der Waals surface area contributed by atoms with Gasteiger partial charge in [-0.2, -0.15) is 0 Å². The molecule has 1 aromatic heterocycles. The van der Waals surface area contributed by atoms with Crippen LogP contribution in [-0.2, 0) is 0 Å². The van der Waals surface area contributed by atoms with Crippen molar-refractivity contribution in [3.05, 3.63) is 67.5 Å². The van der Waals surface area contributed by atoms with Crippen molar-refractivity contribution in [2.45, 2.75) is 19.9 Å². The highest BCUT2D eigenvalue weighted by molar-refractivity contribution is 9.10. The number of benzene rings is 2. The lowest BCUT2D eigenvalue weighted by atomic mass is 9.96. The number of fused-ring (bicyclic) bond motifs is 1. The van der Waals surface area contributed by atoms with Gasteiger partial charge < -0.3 is 15.7 Å². The molecule has 0 amide bonds. The molecule has 4 nitrogen and oxygen atoms in total. The van der Waals surface area contributed by atoms with Gasteiger partial charge in [0.2, 0.25) is 0 Å². The van der Waals surface area contributed by atoms with E-state index in [9.17, 15) is 4.79 Å². The molecule has 2 aromatic carbocycles. The number of halogens is 1. The van der Waals surface area contributed by atoms with Crippen molar-refractivity contribution in [2.24, 2.45) is 5.73 Å². The number of aryl methyl sites for hydroxylation is 2. The van der Waals surface area contributed by atoms with E-state index in [-0.39, 0.29) is 11.7 Å². The summed E-state index contributed by atoms with van der Waals surface area (Å²) in [6, 6.07) is 9.77. The highest BCUT2D eigenvalue weighted by Gasteiger charge is 2.15. The number of aromatic amines is 2. The van der Waals surface area contributed by atoms with Crippen LogP contribution < -0.4 is 11.4 Å². The van der Waals surface area contributed by atoms with Crippen LogP contribution in [0.2, 0.25) is 0 Å². The van der Waals surface area contributed by atoms with Crippen molar-refractivity contribution in [1.82, 2.24) is 9.97 Å². The van der Waals surface area contributed by atoms with Crippen LogP contribution in [0.5, 0.6) is 0 Å². The lowest BCUT2D eigenvalue weighted by Crippen LogP contribution is -2.13. The van der Waals surface area contributed by atoms with Crippen molar-refractivity contribution < 1.29 is 0 Å². The Kier molecular flexibility index (Phi) is 3.47. The topological polar surface area (TPSA) is 74.7 Å². The minimum atomic E-state index is -0.249. The smallest absolute Gasteiger partial charge is 0.320 e. The maximum absolute atomic E-state index is 11.4. The Balaban J connectivity index is 2.11. The summed E-state index contributed by atoms with van der Waals surface area (Å²) in [7, 11) is 0. The quantitative estimate of drug-likeness (QED) is 0.666. The highest BCUT2D eigenvalue weighted by atomic mass is 79.9. The van der Waals surface area contributed by atoms with Crippen LogP contribution in [0.1, 0.15) is 28.3 Å². The van der Waals surface area contributed by atoms with E-state index >= 15 is 0 Å². The van der Waals surface area contributed by atoms with Crippen molar-refractivity contribution in [3.63, 3.8) is 0 Å². The predicted molar refractivity (Wildman–Crippen MR) is 88.6 cm³/mol. The van der Waals surface area contributed by atoms with Crippen molar-refractivity contribution in [1.29, 1.82) is 0 Å². The second-order valence-corrected chi connectivity index (χ2v) is 6.17. The minimum absolute atomic E-state index is 0.214. The predicted octanol–water partition coefficient (Wildman–Crippen LogP) is 3.28. The Morgan fingerprint density at radius 2 is 1.71 bits per heavy atom. The molecule has 5 heteroatoms. The van der Waals surface area contributed by atoms with Crippen molar-refractivity contribution >= 4 is 27.0 Å². The normalized spacial score (nSPS) is 12.8. The lowest BCUT2D eigenvalue weighted by Gasteiger charge is -2.16. The maximum atomic E-state index is 11.4. The Morgan fingerprint density at radius 3 is 2.38 bits per heavy atom. The van der Waals surface area contributed by atoms with Crippen LogP contribution in [0, 0.1) is 13.8 Å². The van der Waals surface area contributed by atoms with E-state index in [2.05, 4.69) is 51.9 Å². The van der Waals surface area contributed by atoms with Gasteiger partial charge in [-0.1, -0.05) is 34.1 Å². The Bertz CT molecular complexity index is 879. The van der Waals surface area contributed by atoms with E-state index in [0.717, 1.165) is 26.6 Å². The minimum Gasteiger partial charge on any atom is -0.320 e. The largest absolute Gasteiger partial charge is 0.323 e. The molecule has 0 saturated heterocycles. The second-order valence-electron chi connectivity index (χ2n) is 5.32. The number of nitrogens with one attached hydrogen (secondary N) is 2. The summed E-state index contributed by atoms with van der Waals surface area (Å²) in [5.41, 5.74) is 12.2. The van der Waals surface area contributed by atoms with Gasteiger partial charge in [-0.25, -0.2) is 4.79 Å². The molecule has 21 heavy (non-hydrogen) atoms. The zero-order valence-electron chi connectivity index (χ0n) is 11.8. The van der Waals surface area contributed by atoms with Gasteiger partial charge in [-0.15, -0.1) is 0 Å². The standard InChI is InChI=1S/C16H16BrN3O/c1-8-3-4-10(5-9(8)2)15(18)11-6-13-14(7-12(11)17)20-16(21)19-13/h3-7,15H,18H2,1-2H3,(H2,19,20,21). The summed E-state index contributed by atoms with van der Waals surface area (Å²) in [6.07, 6.45) is 0. The Labute approximate surface area is 130 Å². The molecule has 4 N–H and O–H groups in total. The summed E-state index contributed by atoms with van der Waals surface area (Å²) < 4.78 is 0.885. The molecule has 1 atom stereocenters. The van der Waals surface area contributed by atoms with Gasteiger partial charge in [0.25, 0.3) is 0 Å². The fourth-order valence-corrected chi connectivity index (χ4v) is 3.04. The second kappa shape index (κ2) is 5.16. The van der Waals surface area contributed by atoms with Crippen molar-refractivity contribution in [3.8, 4) is 0 Å². The van der Waals surface area contributed by atoms with Crippen LogP contribution in [0.25, 0.3) is 11.0 Å². The van der Waals surface area contributed by atoms with Gasteiger partial charge >= 0.3 is 5.69 Å². The lowest BCUT2D eigenvalue weighted by molar-refractivity contribution is 0.865. The molecule has 0 saturated carbocycles. The summed E-state index contributed by atoms with van der Waals surface area (Å²) in [5, 5.41) is 0. The average Bonchev–Trinajstić information content (AvgIpc) is 2.79. The van der Waals surface area contributed by atoms with Gasteiger partial charge in [0.15, 0.2) is 0 Å². The third-order valence-corrected chi connectivity index (χ3v) is 4.55. The molecular formula is C16H16BrN3O. The third-order valence-electron chi connectivity index (χ3n) is 3.86. The summed E-state index contributed by atoms with van der Waals surface area (Å²) >= 11 is 3.54. The molecule has 0 fully saturated rings. The Hall–Kier alpha value is -1.85. The summed E-state index contributed by atoms with van der Waals surface area (Å²) in [4.78, 5) is 16.9. The first kappa shape index (κ1) is 14.1. The van der Waals surface area contributed by atoms with Crippen LogP contribution in [0.4, 0.5) is 0 Å². The molecule has 108 valence electrons. The first-order valence-electron chi connectivity index (χ1n) is 6.70. The number of imidazole rings is 1. The molecule has 0 aliphatic rings. The molecule has 3 aromatic rings. The van der Waals surface area contributed by atoms with Gasteiger partial charge in [-0.05, 0) is 48.2 Å². The van der Waals surface area contributed by atoms with Crippen LogP contribution in [-0.4, -0.2) is 9.97 Å². The van der Waals surface area contributed by atoms with Gasteiger partial charge in [0.05, 0.1) is 17.1 Å². The van der Waals surface area contributed by atoms with Crippen LogP contribution in [0.15, 0.2) is 39.6 Å². The van der Waals surface area contributed by atoms with Gasteiger partial charge in [0, 0.05) is 4.47 Å². The van der Waals surface area contributed by atoms with Gasteiger partial charge in [0.1, 0.15) is 0 Å². The molecule has 0 aliphatic heterocycles. The molecule has 0 spiro atoms. The average molecular weight is 346 g/mol. The molecule has 3 rings (SSSR count). The molecule has 0 radical (unpaired) electrons. The van der Waals surface area contributed by atoms with E-state index in [4.69, 9.17) is 5.73 Å².